The SMILES string of the molecule is CC[C@H](C)[C@H](NC(=O)[C@H](Cc1c[nH]cn1)NC(C)=O)C(=O)N[C@@H](CC(C)C)C(=O)N[C@@H](CC(=O)O)C(=O)N[C@@H](CCSC)C(=O)N[C@@H](Cc1c[nH]c2ccccc12)C(N)=O. The van der Waals surface area contributed by atoms with Gasteiger partial charge in [-0.3, -0.25) is 38.4 Å². The number of aromatic nitrogens is 3. The zero-order valence-corrected chi connectivity index (χ0v) is 35.6. The first-order valence-electron chi connectivity index (χ1n) is 19.7. The van der Waals surface area contributed by atoms with E-state index in [2.05, 4.69) is 46.9 Å². The number of carboxylic acid groups (broad SMARTS) is 1. The third kappa shape index (κ3) is 15.0. The molecule has 0 saturated carbocycles. The second-order valence-corrected chi connectivity index (χ2v) is 16.1. The van der Waals surface area contributed by atoms with Crippen molar-refractivity contribution in [2.75, 3.05) is 12.0 Å². The largest absolute Gasteiger partial charge is 0.481 e. The third-order valence-electron chi connectivity index (χ3n) is 9.81. The summed E-state index contributed by atoms with van der Waals surface area (Å²) >= 11 is 1.38. The highest BCUT2D eigenvalue weighted by atomic mass is 32.2. The van der Waals surface area contributed by atoms with Crippen molar-refractivity contribution in [2.45, 2.75) is 109 Å². The highest BCUT2D eigenvalue weighted by molar-refractivity contribution is 7.98. The van der Waals surface area contributed by atoms with E-state index >= 15 is 0 Å². The van der Waals surface area contributed by atoms with E-state index in [-0.39, 0.29) is 31.6 Å². The molecule has 11 N–H and O–H groups in total. The molecule has 3 aromatic rings. The highest BCUT2D eigenvalue weighted by Gasteiger charge is 2.35. The molecule has 328 valence electrons. The lowest BCUT2D eigenvalue weighted by molar-refractivity contribution is -0.141. The van der Waals surface area contributed by atoms with Crippen LogP contribution in [-0.2, 0) is 51.2 Å². The van der Waals surface area contributed by atoms with Gasteiger partial charge in [-0.2, -0.15) is 11.8 Å². The van der Waals surface area contributed by atoms with Gasteiger partial charge in [0.25, 0.3) is 0 Å². The fourth-order valence-electron chi connectivity index (χ4n) is 6.44. The number of benzene rings is 1. The van der Waals surface area contributed by atoms with Crippen LogP contribution in [0.4, 0.5) is 0 Å². The van der Waals surface area contributed by atoms with E-state index in [9.17, 15) is 43.5 Å². The number of imidazole rings is 1. The number of primary amides is 1. The first-order chi connectivity index (χ1) is 28.4. The summed E-state index contributed by atoms with van der Waals surface area (Å²) in [5.74, 6) is -6.92. The minimum atomic E-state index is -1.69. The second kappa shape index (κ2) is 23.6. The van der Waals surface area contributed by atoms with Gasteiger partial charge in [0.2, 0.25) is 41.4 Å². The summed E-state index contributed by atoms with van der Waals surface area (Å²) in [6.45, 7) is 8.38. The van der Waals surface area contributed by atoms with Crippen LogP contribution in [0.15, 0.2) is 43.0 Å². The molecule has 60 heavy (non-hydrogen) atoms. The normalized spacial score (nSPS) is 14.7. The Kier molecular flexibility index (Phi) is 19.1. The molecule has 1 aromatic carbocycles. The molecule has 3 rings (SSSR count). The average Bonchev–Trinajstić information content (AvgIpc) is 3.86. The van der Waals surface area contributed by atoms with Crippen molar-refractivity contribution in [3.05, 3.63) is 54.2 Å². The topological polar surface area (TPSA) is 299 Å². The van der Waals surface area contributed by atoms with Gasteiger partial charge in [-0.05, 0) is 48.3 Å². The molecule has 0 unspecified atom stereocenters. The molecule has 20 heteroatoms. The number of carbonyl (C=O) groups excluding carboxylic acids is 7. The molecule has 2 aromatic heterocycles. The van der Waals surface area contributed by atoms with Gasteiger partial charge in [-0.1, -0.05) is 52.3 Å². The van der Waals surface area contributed by atoms with Gasteiger partial charge < -0.3 is 52.7 Å². The second-order valence-electron chi connectivity index (χ2n) is 15.1. The van der Waals surface area contributed by atoms with Gasteiger partial charge in [0.15, 0.2) is 0 Å². The number of carbonyl (C=O) groups is 8. The van der Waals surface area contributed by atoms with Crippen molar-refractivity contribution in [1.29, 1.82) is 0 Å². The number of fused-ring (bicyclic) bond motifs is 1. The molecular weight excluding hydrogens is 797 g/mol. The van der Waals surface area contributed by atoms with Crippen LogP contribution in [0.3, 0.4) is 0 Å². The molecule has 0 aliphatic rings. The van der Waals surface area contributed by atoms with Crippen LogP contribution in [0.2, 0.25) is 0 Å². The summed E-state index contributed by atoms with van der Waals surface area (Å²) in [5, 5.41) is 26.2. The number of aromatic amines is 2. The van der Waals surface area contributed by atoms with Crippen LogP contribution >= 0.6 is 11.8 Å². The Morgan fingerprint density at radius 2 is 1.40 bits per heavy atom. The van der Waals surface area contributed by atoms with E-state index < -0.39 is 95.9 Å². The molecule has 7 atom stereocenters. The number of nitrogens with one attached hydrogen (secondary N) is 8. The summed E-state index contributed by atoms with van der Waals surface area (Å²) < 4.78 is 0. The fraction of sp³-hybridized carbons (Fsp3) is 0.525. The molecular formula is C40H58N10O9S. The van der Waals surface area contributed by atoms with Gasteiger partial charge in [-0.25, -0.2) is 4.98 Å². The number of amides is 7. The number of para-hydroxylation sites is 1. The average molecular weight is 855 g/mol. The summed E-state index contributed by atoms with van der Waals surface area (Å²) in [7, 11) is 0. The van der Waals surface area contributed by atoms with E-state index in [4.69, 9.17) is 5.73 Å². The van der Waals surface area contributed by atoms with E-state index in [0.717, 1.165) is 16.5 Å². The predicted octanol–water partition coefficient (Wildman–Crippen LogP) is 0.410. The molecule has 0 aliphatic heterocycles. The van der Waals surface area contributed by atoms with Crippen molar-refractivity contribution in [1.82, 2.24) is 46.9 Å². The first-order valence-corrected chi connectivity index (χ1v) is 21.1. The first kappa shape index (κ1) is 48.4. The van der Waals surface area contributed by atoms with E-state index in [1.54, 1.807) is 39.4 Å². The number of hydrogen-bond acceptors (Lipinski definition) is 10. The van der Waals surface area contributed by atoms with Crippen molar-refractivity contribution < 1.29 is 43.5 Å². The Bertz CT molecular complexity index is 1950. The zero-order chi connectivity index (χ0) is 44.5. The molecule has 0 fully saturated rings. The minimum Gasteiger partial charge on any atom is -0.481 e. The van der Waals surface area contributed by atoms with Crippen molar-refractivity contribution >= 4 is 70.0 Å². The summed E-state index contributed by atoms with van der Waals surface area (Å²) in [4.78, 5) is 115. The number of rotatable bonds is 25. The fourth-order valence-corrected chi connectivity index (χ4v) is 6.91. The maximum Gasteiger partial charge on any atom is 0.305 e. The molecule has 0 radical (unpaired) electrons. The van der Waals surface area contributed by atoms with Crippen LogP contribution in [-0.4, -0.2) is 116 Å². The Balaban J connectivity index is 1.79. The monoisotopic (exact) mass is 854 g/mol. The van der Waals surface area contributed by atoms with Crippen LogP contribution in [0.1, 0.15) is 71.6 Å². The minimum absolute atomic E-state index is 0.0334. The highest BCUT2D eigenvalue weighted by Crippen LogP contribution is 2.19. The Morgan fingerprint density at radius 1 is 0.783 bits per heavy atom. The third-order valence-corrected chi connectivity index (χ3v) is 10.5. The van der Waals surface area contributed by atoms with Crippen LogP contribution < -0.4 is 37.6 Å². The molecule has 2 heterocycles. The van der Waals surface area contributed by atoms with Crippen LogP contribution in [0.5, 0.6) is 0 Å². The lowest BCUT2D eigenvalue weighted by atomic mass is 9.96. The van der Waals surface area contributed by atoms with Crippen molar-refractivity contribution in [2.24, 2.45) is 17.6 Å². The Morgan fingerprint density at radius 3 is 2.00 bits per heavy atom. The maximum atomic E-state index is 13.9. The van der Waals surface area contributed by atoms with Gasteiger partial charge in [0.1, 0.15) is 36.3 Å². The molecule has 0 saturated heterocycles. The van der Waals surface area contributed by atoms with Gasteiger partial charge in [0.05, 0.1) is 18.4 Å². The number of nitrogens with zero attached hydrogens (tertiary/aromatic N) is 1. The van der Waals surface area contributed by atoms with Gasteiger partial charge in [0, 0.05) is 43.1 Å². The summed E-state index contributed by atoms with van der Waals surface area (Å²) in [6, 6.07) is -0.207. The Labute approximate surface area is 352 Å². The number of hydrogen-bond donors (Lipinski definition) is 10. The number of thioether (sulfide) groups is 1. The standard InChI is InChI=1S/C40H58N10O9S/c1-7-22(4)34(50-39(58)31(45-23(5)51)16-25-19-42-20-44-25)40(59)49-30(14-21(2)3)37(56)48-32(17-33(52)53)38(57)46-28(12-13-60-6)36(55)47-29(35(41)54)15-24-18-43-27-11-9-8-10-26(24)27/h8-11,18-22,28-32,34,43H,7,12-17H2,1-6H3,(H2,41,54)(H,42,44)(H,45,51)(H,46,57)(H,47,55)(H,48,56)(H,49,59)(H,50,58)(H,52,53)/t22-,28-,29-,30-,31-,32-,34-/m0/s1. The quantitative estimate of drug-likeness (QED) is 0.0557. The van der Waals surface area contributed by atoms with Gasteiger partial charge >= 0.3 is 5.97 Å². The lowest BCUT2D eigenvalue weighted by Crippen LogP contribution is -2.61. The molecule has 19 nitrogen and oxygen atoms in total. The van der Waals surface area contributed by atoms with E-state index in [1.807, 2.05) is 31.2 Å². The Hall–Kier alpha value is -5.92. The van der Waals surface area contributed by atoms with Crippen molar-refractivity contribution in [3.8, 4) is 0 Å². The predicted molar refractivity (Wildman–Crippen MR) is 225 cm³/mol. The van der Waals surface area contributed by atoms with Crippen LogP contribution in [0.25, 0.3) is 10.9 Å². The molecule has 0 spiro atoms. The number of nitrogens with two attached hydrogens (primary N) is 1. The smallest absolute Gasteiger partial charge is 0.305 e. The zero-order valence-electron chi connectivity index (χ0n) is 34.8. The maximum absolute atomic E-state index is 13.9. The van der Waals surface area contributed by atoms with E-state index in [0.29, 0.717) is 17.9 Å². The summed E-state index contributed by atoms with van der Waals surface area (Å²) in [5.41, 5.74) is 7.73. The molecule has 0 aliphatic carbocycles. The number of H-pyrrole nitrogens is 2. The summed E-state index contributed by atoms with van der Waals surface area (Å²) in [6.07, 6.45) is 6.31. The number of carboxylic acids is 1. The van der Waals surface area contributed by atoms with Crippen molar-refractivity contribution in [3.63, 3.8) is 0 Å². The molecule has 7 amide bonds. The number of aliphatic carboxylic acids is 1. The lowest BCUT2D eigenvalue weighted by Gasteiger charge is -2.29. The van der Waals surface area contributed by atoms with Gasteiger partial charge in [-0.15, -0.1) is 0 Å². The molecule has 0 bridgehead atoms. The van der Waals surface area contributed by atoms with Crippen LogP contribution in [0, 0.1) is 11.8 Å². The van der Waals surface area contributed by atoms with E-state index in [1.165, 1.54) is 25.0 Å².